The molecule has 148 valence electrons. The number of carbonyl (C=O) groups is 2. The third-order valence-electron chi connectivity index (χ3n) is 5.70. The van der Waals surface area contributed by atoms with Crippen LogP contribution >= 0.6 is 0 Å². The summed E-state index contributed by atoms with van der Waals surface area (Å²) in [4.78, 5) is 27.6. The van der Waals surface area contributed by atoms with Gasteiger partial charge in [-0.15, -0.1) is 0 Å². The number of nitrogens with one attached hydrogen (secondary N) is 2. The normalized spacial score (nSPS) is 19.2. The van der Waals surface area contributed by atoms with Gasteiger partial charge >= 0.3 is 0 Å². The van der Waals surface area contributed by atoms with Crippen LogP contribution in [0.1, 0.15) is 55.5 Å². The van der Waals surface area contributed by atoms with E-state index in [0.29, 0.717) is 11.6 Å². The molecule has 0 spiro atoms. The van der Waals surface area contributed by atoms with Crippen LogP contribution in [0.4, 0.5) is 0 Å². The van der Waals surface area contributed by atoms with Crippen molar-refractivity contribution >= 4 is 11.8 Å². The summed E-state index contributed by atoms with van der Waals surface area (Å²) in [6.45, 7) is 8.60. The van der Waals surface area contributed by atoms with Gasteiger partial charge in [-0.05, 0) is 63.1 Å². The van der Waals surface area contributed by atoms with Crippen molar-refractivity contribution in [2.24, 2.45) is 11.8 Å². The van der Waals surface area contributed by atoms with Crippen LogP contribution in [0, 0.1) is 18.8 Å². The molecule has 2 amide bonds. The van der Waals surface area contributed by atoms with Crippen LogP contribution < -0.4 is 10.6 Å². The van der Waals surface area contributed by atoms with E-state index < -0.39 is 6.04 Å². The van der Waals surface area contributed by atoms with E-state index in [-0.39, 0.29) is 17.7 Å². The quantitative estimate of drug-likeness (QED) is 0.775. The van der Waals surface area contributed by atoms with Gasteiger partial charge in [0.2, 0.25) is 5.91 Å². The first-order valence-electron chi connectivity index (χ1n) is 10.3. The number of hydrogen-bond acceptors (Lipinski definition) is 3. The molecule has 0 bridgehead atoms. The summed E-state index contributed by atoms with van der Waals surface area (Å²) in [5.41, 5.74) is 1.65. The second kappa shape index (κ2) is 8.87. The SMILES string of the molecule is Cc1cccc(C(=O)NC(C(=O)N2CCC(NCC3CC3)CC2)C(C)C)c1. The van der Waals surface area contributed by atoms with Crippen LogP contribution in [0.15, 0.2) is 24.3 Å². The third kappa shape index (κ3) is 5.55. The van der Waals surface area contributed by atoms with Gasteiger partial charge in [0.15, 0.2) is 0 Å². The molecular weight excluding hydrogens is 338 g/mol. The van der Waals surface area contributed by atoms with Crippen molar-refractivity contribution in [2.75, 3.05) is 19.6 Å². The molecule has 1 aliphatic heterocycles. The van der Waals surface area contributed by atoms with Crippen molar-refractivity contribution in [3.8, 4) is 0 Å². The number of nitrogens with zero attached hydrogens (tertiary/aromatic N) is 1. The summed E-state index contributed by atoms with van der Waals surface area (Å²) in [6.07, 6.45) is 4.71. The van der Waals surface area contributed by atoms with E-state index in [2.05, 4.69) is 10.6 Å². The smallest absolute Gasteiger partial charge is 0.251 e. The zero-order valence-corrected chi connectivity index (χ0v) is 16.8. The number of rotatable bonds is 7. The van der Waals surface area contributed by atoms with E-state index in [9.17, 15) is 9.59 Å². The third-order valence-corrected chi connectivity index (χ3v) is 5.70. The van der Waals surface area contributed by atoms with Crippen LogP contribution in [0.5, 0.6) is 0 Å². The molecule has 1 aliphatic carbocycles. The Morgan fingerprint density at radius 1 is 1.15 bits per heavy atom. The molecule has 1 saturated heterocycles. The van der Waals surface area contributed by atoms with E-state index in [0.717, 1.165) is 44.0 Å². The molecule has 1 atom stereocenters. The average molecular weight is 372 g/mol. The zero-order valence-electron chi connectivity index (χ0n) is 16.8. The van der Waals surface area contributed by atoms with E-state index in [1.165, 1.54) is 12.8 Å². The first-order chi connectivity index (χ1) is 12.9. The molecule has 0 aromatic heterocycles. The highest BCUT2D eigenvalue weighted by Crippen LogP contribution is 2.28. The van der Waals surface area contributed by atoms with Gasteiger partial charge in [-0.3, -0.25) is 9.59 Å². The molecule has 1 aromatic rings. The van der Waals surface area contributed by atoms with Crippen molar-refractivity contribution in [3.05, 3.63) is 35.4 Å². The van der Waals surface area contributed by atoms with Crippen LogP contribution in [-0.2, 0) is 4.79 Å². The van der Waals surface area contributed by atoms with Gasteiger partial charge in [-0.2, -0.15) is 0 Å². The second-order valence-electron chi connectivity index (χ2n) is 8.52. The van der Waals surface area contributed by atoms with Gasteiger partial charge < -0.3 is 15.5 Å². The molecule has 3 rings (SSSR count). The molecule has 5 nitrogen and oxygen atoms in total. The van der Waals surface area contributed by atoms with Crippen molar-refractivity contribution in [2.45, 2.75) is 58.5 Å². The first-order valence-corrected chi connectivity index (χ1v) is 10.3. The van der Waals surface area contributed by atoms with Crippen LogP contribution in [0.25, 0.3) is 0 Å². The highest BCUT2D eigenvalue weighted by atomic mass is 16.2. The van der Waals surface area contributed by atoms with E-state index >= 15 is 0 Å². The predicted octanol–water partition coefficient (Wildman–Crippen LogP) is 2.74. The summed E-state index contributed by atoms with van der Waals surface area (Å²) >= 11 is 0. The fraction of sp³-hybridized carbons (Fsp3) is 0.636. The van der Waals surface area contributed by atoms with Crippen LogP contribution in [0.3, 0.4) is 0 Å². The molecule has 1 saturated carbocycles. The Morgan fingerprint density at radius 2 is 1.85 bits per heavy atom. The maximum atomic E-state index is 13.0. The number of benzene rings is 1. The van der Waals surface area contributed by atoms with Gasteiger partial charge in [0.05, 0.1) is 0 Å². The lowest BCUT2D eigenvalue weighted by Crippen LogP contribution is -2.54. The fourth-order valence-corrected chi connectivity index (χ4v) is 3.68. The Balaban J connectivity index is 1.54. The highest BCUT2D eigenvalue weighted by molar-refractivity contribution is 5.97. The predicted molar refractivity (Wildman–Crippen MR) is 108 cm³/mol. The zero-order chi connectivity index (χ0) is 19.4. The fourth-order valence-electron chi connectivity index (χ4n) is 3.68. The summed E-state index contributed by atoms with van der Waals surface area (Å²) in [5, 5.41) is 6.62. The van der Waals surface area contributed by atoms with Gasteiger partial charge in [0.1, 0.15) is 6.04 Å². The van der Waals surface area contributed by atoms with Crippen LogP contribution in [0.2, 0.25) is 0 Å². The molecule has 27 heavy (non-hydrogen) atoms. The van der Waals surface area contributed by atoms with Crippen molar-refractivity contribution in [1.82, 2.24) is 15.5 Å². The van der Waals surface area contributed by atoms with Gasteiger partial charge in [0, 0.05) is 24.7 Å². The first kappa shape index (κ1) is 19.9. The van der Waals surface area contributed by atoms with Crippen molar-refractivity contribution in [1.29, 1.82) is 0 Å². The molecule has 2 fully saturated rings. The molecule has 5 heteroatoms. The van der Waals surface area contributed by atoms with E-state index in [1.54, 1.807) is 6.07 Å². The molecular formula is C22H33N3O2. The minimum Gasteiger partial charge on any atom is -0.341 e. The second-order valence-corrected chi connectivity index (χ2v) is 8.52. The summed E-state index contributed by atoms with van der Waals surface area (Å²) in [6, 6.07) is 7.53. The Kier molecular flexibility index (Phi) is 6.53. The Morgan fingerprint density at radius 3 is 2.44 bits per heavy atom. The Bertz CT molecular complexity index is 661. The van der Waals surface area contributed by atoms with Gasteiger partial charge in [-0.25, -0.2) is 0 Å². The highest BCUT2D eigenvalue weighted by Gasteiger charge is 2.32. The summed E-state index contributed by atoms with van der Waals surface area (Å²) in [5.74, 6) is 0.808. The van der Waals surface area contributed by atoms with Gasteiger partial charge in [0.25, 0.3) is 5.91 Å². The minimum atomic E-state index is -0.478. The number of carbonyl (C=O) groups excluding carboxylic acids is 2. The number of amides is 2. The Labute approximate surface area is 162 Å². The average Bonchev–Trinajstić information content (AvgIpc) is 3.48. The van der Waals surface area contributed by atoms with Crippen molar-refractivity contribution in [3.63, 3.8) is 0 Å². The summed E-state index contributed by atoms with van der Waals surface area (Å²) in [7, 11) is 0. The Hall–Kier alpha value is -1.88. The van der Waals surface area contributed by atoms with Crippen LogP contribution in [-0.4, -0.2) is 48.4 Å². The molecule has 1 unspecified atom stereocenters. The summed E-state index contributed by atoms with van der Waals surface area (Å²) < 4.78 is 0. The maximum absolute atomic E-state index is 13.0. The molecule has 2 aliphatic rings. The van der Waals surface area contributed by atoms with E-state index in [4.69, 9.17) is 0 Å². The lowest BCUT2D eigenvalue weighted by Gasteiger charge is -2.35. The number of hydrogen-bond donors (Lipinski definition) is 2. The van der Waals surface area contributed by atoms with Crippen molar-refractivity contribution < 1.29 is 9.59 Å². The molecule has 1 aromatic carbocycles. The molecule has 1 heterocycles. The topological polar surface area (TPSA) is 61.4 Å². The minimum absolute atomic E-state index is 0.0478. The maximum Gasteiger partial charge on any atom is 0.251 e. The largest absolute Gasteiger partial charge is 0.341 e. The van der Waals surface area contributed by atoms with E-state index in [1.807, 2.05) is 43.9 Å². The number of likely N-dealkylation sites (tertiary alicyclic amines) is 1. The standard InChI is InChI=1S/C22H33N3O2/c1-15(2)20(24-21(26)18-6-4-5-16(3)13-18)22(27)25-11-9-19(10-12-25)23-14-17-7-8-17/h4-6,13,15,17,19-20,23H,7-12,14H2,1-3H3,(H,24,26). The lowest BCUT2D eigenvalue weighted by molar-refractivity contribution is -0.135. The van der Waals surface area contributed by atoms with Gasteiger partial charge in [-0.1, -0.05) is 31.5 Å². The lowest BCUT2D eigenvalue weighted by atomic mass is 9.99. The number of piperidine rings is 1. The monoisotopic (exact) mass is 371 g/mol. The number of aryl methyl sites for hydroxylation is 1. The molecule has 0 radical (unpaired) electrons. The molecule has 2 N–H and O–H groups in total.